The Morgan fingerprint density at radius 1 is 1.17 bits per heavy atom. The van der Waals surface area contributed by atoms with Crippen LogP contribution < -0.4 is 0 Å². The molecule has 2 aliphatic heterocycles. The standard InChI is InChI=1S/C17H22F2N2OS/c18-13-4-5-15(16(19)10-13)17(22)21-8-3-9-23-12-14(21)11-20-6-1-2-7-20/h4-5,10,14H,1-3,6-9,11-12H2. The second kappa shape index (κ2) is 7.62. The molecule has 23 heavy (non-hydrogen) atoms. The van der Waals surface area contributed by atoms with Crippen molar-refractivity contribution < 1.29 is 13.6 Å². The Labute approximate surface area is 140 Å². The third-order valence-electron chi connectivity index (χ3n) is 4.53. The second-order valence-electron chi connectivity index (χ2n) is 6.21. The lowest BCUT2D eigenvalue weighted by atomic mass is 10.1. The summed E-state index contributed by atoms with van der Waals surface area (Å²) in [6, 6.07) is 3.29. The Morgan fingerprint density at radius 3 is 2.70 bits per heavy atom. The highest BCUT2D eigenvalue weighted by molar-refractivity contribution is 7.99. The Hall–Kier alpha value is -1.14. The van der Waals surface area contributed by atoms with Gasteiger partial charge < -0.3 is 9.80 Å². The predicted octanol–water partition coefficient (Wildman–Crippen LogP) is 3.01. The highest BCUT2D eigenvalue weighted by Gasteiger charge is 2.30. The maximum atomic E-state index is 14.0. The van der Waals surface area contributed by atoms with Crippen LogP contribution in [0.15, 0.2) is 18.2 Å². The minimum atomic E-state index is -0.771. The van der Waals surface area contributed by atoms with Crippen molar-refractivity contribution in [2.24, 2.45) is 0 Å². The molecular formula is C17H22F2N2OS. The SMILES string of the molecule is O=C(c1ccc(F)cc1F)N1CCCSCC1CN1CCCC1. The summed E-state index contributed by atoms with van der Waals surface area (Å²) in [4.78, 5) is 17.0. The number of rotatable bonds is 3. The third-order valence-corrected chi connectivity index (χ3v) is 5.73. The maximum absolute atomic E-state index is 14.0. The molecule has 2 aliphatic rings. The van der Waals surface area contributed by atoms with Crippen LogP contribution in [0.1, 0.15) is 29.6 Å². The number of carbonyl (C=O) groups is 1. The largest absolute Gasteiger partial charge is 0.333 e. The molecule has 0 N–H and O–H groups in total. The van der Waals surface area contributed by atoms with Crippen LogP contribution in [0.3, 0.4) is 0 Å². The van der Waals surface area contributed by atoms with E-state index < -0.39 is 11.6 Å². The van der Waals surface area contributed by atoms with Gasteiger partial charge in [0.2, 0.25) is 0 Å². The van der Waals surface area contributed by atoms with Crippen molar-refractivity contribution >= 4 is 17.7 Å². The molecule has 0 aromatic heterocycles. The molecule has 0 radical (unpaired) electrons. The van der Waals surface area contributed by atoms with Gasteiger partial charge in [-0.05, 0) is 50.2 Å². The number of hydrogen-bond acceptors (Lipinski definition) is 3. The van der Waals surface area contributed by atoms with Gasteiger partial charge in [-0.2, -0.15) is 11.8 Å². The van der Waals surface area contributed by atoms with Crippen LogP contribution in [0.25, 0.3) is 0 Å². The van der Waals surface area contributed by atoms with Crippen LogP contribution in [0.5, 0.6) is 0 Å². The van der Waals surface area contributed by atoms with E-state index in [0.717, 1.165) is 49.7 Å². The van der Waals surface area contributed by atoms with Crippen molar-refractivity contribution in [1.82, 2.24) is 9.80 Å². The Kier molecular flexibility index (Phi) is 5.54. The summed E-state index contributed by atoms with van der Waals surface area (Å²) in [5.41, 5.74) is -0.0234. The fourth-order valence-electron chi connectivity index (χ4n) is 3.33. The monoisotopic (exact) mass is 340 g/mol. The fourth-order valence-corrected chi connectivity index (χ4v) is 4.39. The Balaban J connectivity index is 1.78. The van der Waals surface area contributed by atoms with Gasteiger partial charge in [-0.25, -0.2) is 8.78 Å². The second-order valence-corrected chi connectivity index (χ2v) is 7.36. The molecule has 2 heterocycles. The molecule has 1 atom stereocenters. The number of amides is 1. The summed E-state index contributed by atoms with van der Waals surface area (Å²) in [5, 5.41) is 0. The Bertz CT molecular complexity index is 564. The smallest absolute Gasteiger partial charge is 0.257 e. The fraction of sp³-hybridized carbons (Fsp3) is 0.588. The zero-order valence-electron chi connectivity index (χ0n) is 13.1. The van der Waals surface area contributed by atoms with E-state index in [1.807, 2.05) is 11.8 Å². The molecular weight excluding hydrogens is 318 g/mol. The van der Waals surface area contributed by atoms with E-state index in [1.165, 1.54) is 18.9 Å². The predicted molar refractivity (Wildman–Crippen MR) is 88.8 cm³/mol. The van der Waals surface area contributed by atoms with Gasteiger partial charge in [0.25, 0.3) is 5.91 Å². The number of halogens is 2. The lowest BCUT2D eigenvalue weighted by molar-refractivity contribution is 0.0662. The zero-order chi connectivity index (χ0) is 16.2. The van der Waals surface area contributed by atoms with E-state index in [-0.39, 0.29) is 17.5 Å². The zero-order valence-corrected chi connectivity index (χ0v) is 14.0. The van der Waals surface area contributed by atoms with Crippen molar-refractivity contribution in [2.45, 2.75) is 25.3 Å². The number of carbonyl (C=O) groups excluding carboxylic acids is 1. The molecule has 1 unspecified atom stereocenters. The summed E-state index contributed by atoms with van der Waals surface area (Å²) in [6.45, 7) is 3.64. The number of hydrogen-bond donors (Lipinski definition) is 0. The van der Waals surface area contributed by atoms with Crippen LogP contribution >= 0.6 is 11.8 Å². The first-order chi connectivity index (χ1) is 11.1. The van der Waals surface area contributed by atoms with E-state index in [9.17, 15) is 13.6 Å². The molecule has 1 amide bonds. The summed E-state index contributed by atoms with van der Waals surface area (Å²) < 4.78 is 27.1. The molecule has 0 aliphatic carbocycles. The molecule has 3 rings (SSSR count). The Morgan fingerprint density at radius 2 is 1.96 bits per heavy atom. The third kappa shape index (κ3) is 4.04. The average molecular weight is 340 g/mol. The van der Waals surface area contributed by atoms with E-state index in [1.54, 1.807) is 4.90 Å². The summed E-state index contributed by atoms with van der Waals surface area (Å²) in [6.07, 6.45) is 3.33. The molecule has 0 saturated carbocycles. The van der Waals surface area contributed by atoms with Gasteiger partial charge in [-0.1, -0.05) is 0 Å². The van der Waals surface area contributed by atoms with Crippen LogP contribution in [0, 0.1) is 11.6 Å². The number of benzene rings is 1. The molecule has 0 spiro atoms. The van der Waals surface area contributed by atoms with Gasteiger partial charge >= 0.3 is 0 Å². The lowest BCUT2D eigenvalue weighted by Gasteiger charge is -2.32. The average Bonchev–Trinajstić information content (AvgIpc) is 2.91. The van der Waals surface area contributed by atoms with Gasteiger partial charge in [0.05, 0.1) is 11.6 Å². The van der Waals surface area contributed by atoms with E-state index >= 15 is 0 Å². The number of nitrogens with zero attached hydrogens (tertiary/aromatic N) is 2. The van der Waals surface area contributed by atoms with Gasteiger partial charge in [0.15, 0.2) is 0 Å². The molecule has 126 valence electrons. The van der Waals surface area contributed by atoms with Gasteiger partial charge in [0, 0.05) is 24.9 Å². The molecule has 0 bridgehead atoms. The van der Waals surface area contributed by atoms with E-state index in [4.69, 9.17) is 0 Å². The van der Waals surface area contributed by atoms with Crippen LogP contribution in [-0.2, 0) is 0 Å². The van der Waals surface area contributed by atoms with Gasteiger partial charge in [0.1, 0.15) is 11.6 Å². The molecule has 2 saturated heterocycles. The quantitative estimate of drug-likeness (QED) is 0.845. The maximum Gasteiger partial charge on any atom is 0.257 e. The molecule has 2 fully saturated rings. The summed E-state index contributed by atoms with van der Waals surface area (Å²) >= 11 is 1.86. The lowest BCUT2D eigenvalue weighted by Crippen LogP contribution is -2.47. The number of thioether (sulfide) groups is 1. The summed E-state index contributed by atoms with van der Waals surface area (Å²) in [7, 11) is 0. The minimum Gasteiger partial charge on any atom is -0.333 e. The van der Waals surface area contributed by atoms with Gasteiger partial charge in [-0.15, -0.1) is 0 Å². The summed E-state index contributed by atoms with van der Waals surface area (Å²) in [5.74, 6) is 0.164. The van der Waals surface area contributed by atoms with Gasteiger partial charge in [-0.3, -0.25) is 4.79 Å². The van der Waals surface area contributed by atoms with Crippen LogP contribution in [0.2, 0.25) is 0 Å². The van der Waals surface area contributed by atoms with Crippen molar-refractivity contribution in [2.75, 3.05) is 37.7 Å². The number of likely N-dealkylation sites (tertiary alicyclic amines) is 1. The first-order valence-electron chi connectivity index (χ1n) is 8.21. The van der Waals surface area contributed by atoms with Crippen LogP contribution in [0.4, 0.5) is 8.78 Å². The van der Waals surface area contributed by atoms with E-state index in [0.29, 0.717) is 6.54 Å². The highest BCUT2D eigenvalue weighted by Crippen LogP contribution is 2.22. The topological polar surface area (TPSA) is 23.6 Å². The van der Waals surface area contributed by atoms with Crippen molar-refractivity contribution in [1.29, 1.82) is 0 Å². The first-order valence-corrected chi connectivity index (χ1v) is 9.37. The molecule has 1 aromatic carbocycles. The molecule has 1 aromatic rings. The normalized spacial score (nSPS) is 23.0. The van der Waals surface area contributed by atoms with Crippen molar-refractivity contribution in [3.8, 4) is 0 Å². The first kappa shape index (κ1) is 16.7. The van der Waals surface area contributed by atoms with Crippen molar-refractivity contribution in [3.05, 3.63) is 35.4 Å². The van der Waals surface area contributed by atoms with Crippen LogP contribution in [-0.4, -0.2) is 59.4 Å². The van der Waals surface area contributed by atoms with E-state index in [2.05, 4.69) is 4.90 Å². The minimum absolute atomic E-state index is 0.0234. The molecule has 3 nitrogen and oxygen atoms in total. The molecule has 6 heteroatoms. The van der Waals surface area contributed by atoms with Crippen molar-refractivity contribution in [3.63, 3.8) is 0 Å². The highest BCUT2D eigenvalue weighted by atomic mass is 32.2.